The number of thioether (sulfide) groups is 1. The molecule has 0 amide bonds. The normalized spacial score (nSPS) is 11.5. The van der Waals surface area contributed by atoms with Crippen molar-refractivity contribution in [2.24, 2.45) is 0 Å². The third-order valence-electron chi connectivity index (χ3n) is 2.33. The first-order valence-electron chi connectivity index (χ1n) is 5.36. The van der Waals surface area contributed by atoms with Gasteiger partial charge in [0, 0.05) is 10.5 Å². The van der Waals surface area contributed by atoms with Crippen molar-refractivity contribution in [3.05, 3.63) is 52.7 Å². The molecule has 2 rings (SSSR count). The molecule has 0 aliphatic rings. The van der Waals surface area contributed by atoms with Crippen LogP contribution in [0.3, 0.4) is 0 Å². The Morgan fingerprint density at radius 3 is 2.21 bits per heavy atom. The van der Waals surface area contributed by atoms with Gasteiger partial charge in [-0.2, -0.15) is 13.2 Å². The highest BCUT2D eigenvalue weighted by Gasteiger charge is 2.29. The summed E-state index contributed by atoms with van der Waals surface area (Å²) in [7, 11) is -0.175. The zero-order valence-electron chi connectivity index (χ0n) is 9.68. The quantitative estimate of drug-likeness (QED) is 0.452. The van der Waals surface area contributed by atoms with Crippen molar-refractivity contribution in [1.29, 1.82) is 0 Å². The molecule has 0 saturated carbocycles. The van der Waals surface area contributed by atoms with Gasteiger partial charge in [-0.15, -0.1) is 0 Å². The molecule has 2 aromatic rings. The number of halogens is 3. The molecule has 1 aromatic heterocycles. The SMILES string of the molecule is O=C(C[s+]1cccc1)c1ccc(SC(F)(F)F)cc1. The summed E-state index contributed by atoms with van der Waals surface area (Å²) >= 11 is -0.178. The maximum absolute atomic E-state index is 12.2. The number of ketones is 1. The molecule has 0 spiro atoms. The number of hydrogen-bond acceptors (Lipinski definition) is 2. The average molecular weight is 303 g/mol. The van der Waals surface area contributed by atoms with E-state index in [2.05, 4.69) is 0 Å². The number of hydrogen-bond donors (Lipinski definition) is 0. The largest absolute Gasteiger partial charge is 0.446 e. The molecule has 0 aliphatic carbocycles. The molecule has 0 saturated heterocycles. The van der Waals surface area contributed by atoms with Crippen molar-refractivity contribution in [2.75, 3.05) is 0 Å². The summed E-state index contributed by atoms with van der Waals surface area (Å²) in [6, 6.07) is 9.33. The van der Waals surface area contributed by atoms with E-state index in [1.807, 2.05) is 22.9 Å². The average Bonchev–Trinajstić information content (AvgIpc) is 2.80. The lowest BCUT2D eigenvalue weighted by Crippen LogP contribution is -2.01. The summed E-state index contributed by atoms with van der Waals surface area (Å²) < 4.78 is 36.5. The second-order valence-corrected chi connectivity index (χ2v) is 6.68. The van der Waals surface area contributed by atoms with Crippen molar-refractivity contribution in [2.45, 2.75) is 16.2 Å². The van der Waals surface area contributed by atoms with Crippen molar-refractivity contribution in [1.82, 2.24) is 0 Å². The van der Waals surface area contributed by atoms with Crippen molar-refractivity contribution in [3.63, 3.8) is 0 Å². The molecule has 100 valence electrons. The maximum Gasteiger partial charge on any atom is 0.446 e. The predicted octanol–water partition coefficient (Wildman–Crippen LogP) is 4.93. The predicted molar refractivity (Wildman–Crippen MR) is 71.6 cm³/mol. The molecule has 0 radical (unpaired) electrons. The van der Waals surface area contributed by atoms with Gasteiger partial charge in [-0.1, -0.05) is 12.1 Å². The molecular formula is C13H10F3OS2+. The van der Waals surface area contributed by atoms with Gasteiger partial charge >= 0.3 is 5.51 Å². The van der Waals surface area contributed by atoms with Gasteiger partial charge in [0.1, 0.15) is 10.8 Å². The van der Waals surface area contributed by atoms with Gasteiger partial charge in [-0.3, -0.25) is 4.79 Å². The molecule has 1 nitrogen and oxygen atoms in total. The first kappa shape index (κ1) is 14.1. The molecule has 1 aromatic carbocycles. The van der Waals surface area contributed by atoms with E-state index in [0.717, 1.165) is 0 Å². The number of benzene rings is 1. The fourth-order valence-electron chi connectivity index (χ4n) is 1.51. The fraction of sp³-hybridized carbons (Fsp3) is 0.154. The molecule has 0 N–H and O–H groups in total. The highest BCUT2D eigenvalue weighted by atomic mass is 32.2. The first-order chi connectivity index (χ1) is 8.94. The van der Waals surface area contributed by atoms with Crippen LogP contribution < -0.4 is 0 Å². The van der Waals surface area contributed by atoms with Gasteiger partial charge in [-0.05, 0) is 46.5 Å². The van der Waals surface area contributed by atoms with Crippen molar-refractivity contribution in [3.8, 4) is 0 Å². The highest BCUT2D eigenvalue weighted by molar-refractivity contribution is 8.00. The van der Waals surface area contributed by atoms with Crippen LogP contribution in [0.5, 0.6) is 0 Å². The second-order valence-electron chi connectivity index (χ2n) is 3.77. The van der Waals surface area contributed by atoms with Crippen molar-refractivity contribution < 1.29 is 18.0 Å². The van der Waals surface area contributed by atoms with E-state index in [-0.39, 0.29) is 32.9 Å². The summed E-state index contributed by atoms with van der Waals surface area (Å²) in [4.78, 5) is 12.0. The topological polar surface area (TPSA) is 17.1 Å². The van der Waals surface area contributed by atoms with E-state index in [0.29, 0.717) is 11.3 Å². The lowest BCUT2D eigenvalue weighted by Gasteiger charge is -2.05. The molecule has 0 atom stereocenters. The molecule has 0 aliphatic heterocycles. The summed E-state index contributed by atoms with van der Waals surface area (Å²) in [6.07, 6.45) is 0. The van der Waals surface area contributed by atoms with E-state index in [9.17, 15) is 18.0 Å². The van der Waals surface area contributed by atoms with Gasteiger partial charge in [0.2, 0.25) is 5.78 Å². The van der Waals surface area contributed by atoms with Gasteiger partial charge in [0.05, 0.1) is 0 Å². The third kappa shape index (κ3) is 4.40. The van der Waals surface area contributed by atoms with E-state index in [4.69, 9.17) is 0 Å². The number of carbonyl (C=O) groups is 1. The minimum Gasteiger partial charge on any atom is -0.288 e. The lowest BCUT2D eigenvalue weighted by atomic mass is 10.1. The Hall–Kier alpha value is -1.27. The van der Waals surface area contributed by atoms with Crippen LogP contribution in [0.2, 0.25) is 0 Å². The minimum atomic E-state index is -4.30. The number of thiophene rings is 1. The van der Waals surface area contributed by atoms with Crippen LogP contribution >= 0.6 is 22.2 Å². The van der Waals surface area contributed by atoms with Crippen LogP contribution in [-0.2, 0) is 5.75 Å². The number of carbonyl (C=O) groups excluding carboxylic acids is 1. The molecule has 0 bridgehead atoms. The summed E-state index contributed by atoms with van der Waals surface area (Å²) in [5, 5.41) is 3.90. The van der Waals surface area contributed by atoms with Gasteiger partial charge < -0.3 is 0 Å². The smallest absolute Gasteiger partial charge is 0.288 e. The molecule has 19 heavy (non-hydrogen) atoms. The first-order valence-corrected chi connectivity index (χ1v) is 7.70. The third-order valence-corrected chi connectivity index (χ3v) is 4.67. The molecule has 6 heteroatoms. The van der Waals surface area contributed by atoms with Gasteiger partial charge in [-0.25, -0.2) is 0 Å². The highest BCUT2D eigenvalue weighted by Crippen LogP contribution is 2.36. The zero-order chi connectivity index (χ0) is 13.9. The molecule has 1 heterocycles. The Kier molecular flexibility index (Phi) is 4.31. The Labute approximate surface area is 115 Å². The molecule has 0 fully saturated rings. The minimum absolute atomic E-state index is 0.0527. The van der Waals surface area contributed by atoms with Crippen LogP contribution in [0.1, 0.15) is 10.4 Å². The Morgan fingerprint density at radius 1 is 1.11 bits per heavy atom. The second kappa shape index (κ2) is 5.79. The summed E-state index contributed by atoms with van der Waals surface area (Å²) in [5.74, 6) is 0.321. The van der Waals surface area contributed by atoms with Crippen LogP contribution in [0.25, 0.3) is 0 Å². The number of rotatable bonds is 4. The standard InChI is InChI=1S/C13H10F3OS2/c14-13(15,16)18-11-5-3-10(4-6-11)12(17)9-19-7-1-2-8-19/h1-8H,9H2/q+1. The van der Waals surface area contributed by atoms with E-state index in [1.165, 1.54) is 24.3 Å². The fourth-order valence-corrected chi connectivity index (χ4v) is 3.39. The van der Waals surface area contributed by atoms with Gasteiger partial charge in [0.15, 0.2) is 5.75 Å². The summed E-state index contributed by atoms with van der Waals surface area (Å²) in [5.41, 5.74) is -3.85. The van der Waals surface area contributed by atoms with E-state index in [1.54, 1.807) is 0 Å². The molecule has 0 unspecified atom stereocenters. The monoisotopic (exact) mass is 303 g/mol. The van der Waals surface area contributed by atoms with Crippen molar-refractivity contribution >= 4 is 28.0 Å². The maximum atomic E-state index is 12.2. The zero-order valence-corrected chi connectivity index (χ0v) is 11.3. The Bertz CT molecular complexity index is 544. The molecular weight excluding hydrogens is 293 g/mol. The van der Waals surface area contributed by atoms with Crippen LogP contribution in [0.15, 0.2) is 52.1 Å². The number of alkyl halides is 3. The Balaban J connectivity index is 2.04. The van der Waals surface area contributed by atoms with Crippen LogP contribution in [0.4, 0.5) is 13.2 Å². The van der Waals surface area contributed by atoms with E-state index < -0.39 is 5.51 Å². The summed E-state index contributed by atoms with van der Waals surface area (Å²) in [6.45, 7) is 0. The van der Waals surface area contributed by atoms with Crippen LogP contribution in [0, 0.1) is 0 Å². The van der Waals surface area contributed by atoms with Gasteiger partial charge in [0.25, 0.3) is 0 Å². The lowest BCUT2D eigenvalue weighted by molar-refractivity contribution is -0.0328. The van der Waals surface area contributed by atoms with Crippen LogP contribution in [-0.4, -0.2) is 11.3 Å². The van der Waals surface area contributed by atoms with E-state index >= 15 is 0 Å². The Morgan fingerprint density at radius 2 is 1.68 bits per heavy atom. The number of Topliss-reactive ketones (excluding diaryl/α,β-unsaturated/α-hetero) is 1.